The molecular weight excluding hydrogens is 517 g/mol. The maximum absolute atomic E-state index is 13.8. The van der Waals surface area contributed by atoms with Crippen molar-refractivity contribution in [3.05, 3.63) is 63.4 Å². The minimum atomic E-state index is -4.18. The van der Waals surface area contributed by atoms with Crippen molar-refractivity contribution in [1.29, 1.82) is 0 Å². The smallest absolute Gasteiger partial charge is 0.459 e. The van der Waals surface area contributed by atoms with Crippen molar-refractivity contribution in [2.75, 3.05) is 13.2 Å². The summed E-state index contributed by atoms with van der Waals surface area (Å²) in [5.41, 5.74) is -2.20. The Morgan fingerprint density at radius 1 is 1.26 bits per heavy atom. The van der Waals surface area contributed by atoms with Crippen LogP contribution in [0, 0.1) is 10.8 Å². The van der Waals surface area contributed by atoms with Gasteiger partial charge in [0, 0.05) is 17.7 Å². The van der Waals surface area contributed by atoms with Gasteiger partial charge in [0.25, 0.3) is 5.56 Å². The fourth-order valence-corrected chi connectivity index (χ4v) is 5.75. The predicted octanol–water partition coefficient (Wildman–Crippen LogP) is 2.35. The lowest BCUT2D eigenvalue weighted by Crippen LogP contribution is -2.38. The number of H-pyrrole nitrogens is 1. The number of aromatic amines is 1. The Balaban J connectivity index is 1.49. The fraction of sp³-hybridized carbons (Fsp3) is 0.560. The van der Waals surface area contributed by atoms with Crippen LogP contribution in [0.25, 0.3) is 0 Å². The van der Waals surface area contributed by atoms with E-state index in [2.05, 4.69) is 10.1 Å². The van der Waals surface area contributed by atoms with Crippen LogP contribution >= 0.6 is 7.75 Å². The van der Waals surface area contributed by atoms with Crippen LogP contribution in [0.2, 0.25) is 0 Å². The van der Waals surface area contributed by atoms with E-state index in [0.717, 1.165) is 0 Å². The largest absolute Gasteiger partial charge is 0.464 e. The molecule has 3 N–H and O–H groups in total. The number of ether oxygens (including phenoxy) is 2. The van der Waals surface area contributed by atoms with E-state index in [1.54, 1.807) is 30.3 Å². The Morgan fingerprint density at radius 2 is 1.95 bits per heavy atom. The van der Waals surface area contributed by atoms with Crippen molar-refractivity contribution in [3.8, 4) is 5.75 Å². The van der Waals surface area contributed by atoms with Crippen molar-refractivity contribution in [2.45, 2.75) is 65.0 Å². The van der Waals surface area contributed by atoms with Crippen molar-refractivity contribution in [1.82, 2.24) is 14.6 Å². The number of para-hydroxylation sites is 1. The highest BCUT2D eigenvalue weighted by Crippen LogP contribution is 2.62. The summed E-state index contributed by atoms with van der Waals surface area (Å²) in [6.45, 7) is 7.03. The van der Waals surface area contributed by atoms with Crippen molar-refractivity contribution >= 4 is 13.7 Å². The molecule has 2 aliphatic rings. The molecule has 0 radical (unpaired) electrons. The molecule has 13 heteroatoms. The number of carbonyl (C=O) groups excluding carboxylic acids is 1. The SMILES string of the molecule is C[C@@H](NP(=O)(OC[C@H]1O[C@@H](n2ccc(=O)[nH]c2=O)C2(CC2)[C@@H]1O)Oc1ccccc1)C(=O)OCC(C)(C)C. The lowest BCUT2D eigenvalue weighted by molar-refractivity contribution is -0.148. The first kappa shape index (κ1) is 28.3. The summed E-state index contributed by atoms with van der Waals surface area (Å²) in [4.78, 5) is 38.6. The molecule has 4 rings (SSSR count). The van der Waals surface area contributed by atoms with Gasteiger partial charge in [0.2, 0.25) is 0 Å². The third kappa shape index (κ3) is 6.44. The standard InChI is InChI=1S/C25H34N3O9P/c1-16(21(31)34-15-24(2,3)4)27-38(33,37-17-8-6-5-7-9-17)35-14-18-20(30)25(11-12-25)22(36-18)28-13-10-19(29)26-23(28)32/h5-10,13,16,18,20,22,30H,11-12,14-15H2,1-4H3,(H,27,33)(H,26,29,32)/t16-,18-,20-,22-,38?/m1/s1. The average molecular weight is 552 g/mol. The Hall–Kier alpha value is -2.76. The molecule has 2 heterocycles. The number of hydrogen-bond acceptors (Lipinski definition) is 9. The van der Waals surface area contributed by atoms with Gasteiger partial charge in [-0.05, 0) is 37.3 Å². The summed E-state index contributed by atoms with van der Waals surface area (Å²) in [7, 11) is -4.18. The van der Waals surface area contributed by atoms with E-state index in [0.29, 0.717) is 12.8 Å². The molecule has 2 aromatic rings. The highest BCUT2D eigenvalue weighted by atomic mass is 31.2. The maximum Gasteiger partial charge on any atom is 0.459 e. The van der Waals surface area contributed by atoms with Gasteiger partial charge in [-0.1, -0.05) is 39.0 Å². The molecule has 1 aliphatic carbocycles. The summed E-state index contributed by atoms with van der Waals surface area (Å²) in [6.07, 6.45) is -0.339. The number of esters is 1. The monoisotopic (exact) mass is 551 g/mol. The molecule has 38 heavy (non-hydrogen) atoms. The zero-order chi connectivity index (χ0) is 27.7. The third-order valence-corrected chi connectivity index (χ3v) is 8.04. The van der Waals surface area contributed by atoms with Crippen LogP contribution in [0.4, 0.5) is 0 Å². The third-order valence-electron chi connectivity index (χ3n) is 6.40. The van der Waals surface area contributed by atoms with Gasteiger partial charge in [-0.3, -0.25) is 23.7 Å². The van der Waals surface area contributed by atoms with E-state index in [9.17, 15) is 24.1 Å². The number of rotatable bonds is 10. The molecule has 1 aliphatic heterocycles. The zero-order valence-electron chi connectivity index (χ0n) is 21.8. The lowest BCUT2D eigenvalue weighted by Gasteiger charge is -2.25. The molecule has 1 saturated heterocycles. The quantitative estimate of drug-likeness (QED) is 0.296. The summed E-state index contributed by atoms with van der Waals surface area (Å²) in [6, 6.07) is 8.46. The lowest BCUT2D eigenvalue weighted by atomic mass is 9.96. The first-order valence-electron chi connectivity index (χ1n) is 12.4. The summed E-state index contributed by atoms with van der Waals surface area (Å²) in [5, 5.41) is 13.7. The van der Waals surface area contributed by atoms with Gasteiger partial charge in [-0.25, -0.2) is 9.36 Å². The molecule has 2 fully saturated rings. The van der Waals surface area contributed by atoms with Gasteiger partial charge in [0.15, 0.2) is 0 Å². The van der Waals surface area contributed by atoms with Crippen molar-refractivity contribution < 1.29 is 33.0 Å². The van der Waals surface area contributed by atoms with Crippen LogP contribution in [0.5, 0.6) is 5.75 Å². The van der Waals surface area contributed by atoms with Gasteiger partial charge in [0.05, 0.1) is 19.3 Å². The summed E-state index contributed by atoms with van der Waals surface area (Å²) < 4.78 is 37.7. The average Bonchev–Trinajstić information content (AvgIpc) is 3.60. The second-order valence-corrected chi connectivity index (χ2v) is 12.6. The minimum Gasteiger partial charge on any atom is -0.464 e. The number of aromatic nitrogens is 2. The first-order chi connectivity index (χ1) is 17.8. The van der Waals surface area contributed by atoms with E-state index in [-0.39, 0.29) is 24.4 Å². The van der Waals surface area contributed by atoms with E-state index in [4.69, 9.17) is 18.5 Å². The first-order valence-corrected chi connectivity index (χ1v) is 13.9. The van der Waals surface area contributed by atoms with E-state index < -0.39 is 54.9 Å². The topological polar surface area (TPSA) is 158 Å². The summed E-state index contributed by atoms with van der Waals surface area (Å²) in [5.74, 6) is -0.394. The van der Waals surface area contributed by atoms with Gasteiger partial charge in [-0.15, -0.1) is 0 Å². The van der Waals surface area contributed by atoms with Gasteiger partial charge in [-0.2, -0.15) is 5.09 Å². The normalized spacial score (nSPS) is 24.5. The van der Waals surface area contributed by atoms with Crippen molar-refractivity contribution in [3.63, 3.8) is 0 Å². The molecule has 1 spiro atoms. The van der Waals surface area contributed by atoms with Crippen molar-refractivity contribution in [2.24, 2.45) is 10.8 Å². The molecule has 0 bridgehead atoms. The molecule has 1 saturated carbocycles. The number of aliphatic hydroxyl groups excluding tert-OH is 1. The van der Waals surface area contributed by atoms with Crippen LogP contribution in [0.1, 0.15) is 46.8 Å². The molecule has 1 aromatic heterocycles. The fourth-order valence-electron chi connectivity index (χ4n) is 4.25. The molecule has 1 aromatic carbocycles. The number of hydrogen-bond donors (Lipinski definition) is 3. The maximum atomic E-state index is 13.8. The van der Waals surface area contributed by atoms with Crippen LogP contribution in [0.3, 0.4) is 0 Å². The van der Waals surface area contributed by atoms with E-state index >= 15 is 0 Å². The van der Waals surface area contributed by atoms with E-state index in [1.165, 1.54) is 23.8 Å². The minimum absolute atomic E-state index is 0.165. The molecule has 12 nitrogen and oxygen atoms in total. The zero-order valence-corrected chi connectivity index (χ0v) is 22.7. The van der Waals surface area contributed by atoms with Crippen LogP contribution in [-0.2, 0) is 23.4 Å². The highest BCUT2D eigenvalue weighted by molar-refractivity contribution is 7.52. The van der Waals surface area contributed by atoms with Crippen LogP contribution < -0.4 is 20.9 Å². The Labute approximate surface area is 219 Å². The number of carbonyl (C=O) groups is 1. The number of aliphatic hydroxyl groups is 1. The Morgan fingerprint density at radius 3 is 2.55 bits per heavy atom. The molecule has 5 atom stereocenters. The van der Waals surface area contributed by atoms with E-state index in [1.807, 2.05) is 20.8 Å². The van der Waals surface area contributed by atoms with Gasteiger partial charge < -0.3 is 19.1 Å². The number of benzene rings is 1. The second kappa shape index (κ2) is 10.8. The van der Waals surface area contributed by atoms with Crippen LogP contribution in [-0.4, -0.2) is 52.1 Å². The predicted molar refractivity (Wildman–Crippen MR) is 137 cm³/mol. The summed E-state index contributed by atoms with van der Waals surface area (Å²) >= 11 is 0. The second-order valence-electron chi connectivity index (χ2n) is 10.9. The Bertz CT molecular complexity index is 1300. The number of nitrogens with one attached hydrogen (secondary N) is 2. The molecule has 208 valence electrons. The van der Waals surface area contributed by atoms with Crippen LogP contribution in [0.15, 0.2) is 52.2 Å². The molecule has 0 amide bonds. The highest BCUT2D eigenvalue weighted by Gasteiger charge is 2.64. The molecule has 1 unspecified atom stereocenters. The molecular formula is C25H34N3O9P. The van der Waals surface area contributed by atoms with Gasteiger partial charge >= 0.3 is 19.4 Å². The Kier molecular flexibility index (Phi) is 8.02. The van der Waals surface area contributed by atoms with Gasteiger partial charge in [0.1, 0.15) is 24.1 Å². The number of nitrogens with zero attached hydrogens (tertiary/aromatic N) is 1.